The topological polar surface area (TPSA) is 84.3 Å². The number of nitrogens with one attached hydrogen (secondary N) is 1. The zero-order valence-electron chi connectivity index (χ0n) is 17.2. The molecule has 0 spiro atoms. The number of aliphatic hydroxyl groups is 1. The average Bonchev–Trinajstić information content (AvgIpc) is 3.28. The number of benzene rings is 1. The Labute approximate surface area is 179 Å². The van der Waals surface area contributed by atoms with Crippen LogP contribution < -0.4 is 10.1 Å². The Morgan fingerprint density at radius 3 is 2.74 bits per heavy atom. The molecule has 1 amide bonds. The number of aromatic nitrogens is 2. The number of pyridine rings is 2. The number of aliphatic hydroxyl groups excluding tert-OH is 1. The maximum Gasteiger partial charge on any atom is 0.228 e. The van der Waals surface area contributed by atoms with Crippen molar-refractivity contribution in [3.05, 3.63) is 60.2 Å². The largest absolute Gasteiger partial charge is 0.490 e. The van der Waals surface area contributed by atoms with Gasteiger partial charge in [0, 0.05) is 23.7 Å². The van der Waals surface area contributed by atoms with E-state index in [0.29, 0.717) is 45.8 Å². The van der Waals surface area contributed by atoms with Gasteiger partial charge in [0.1, 0.15) is 17.4 Å². The maximum atomic E-state index is 13.7. The van der Waals surface area contributed by atoms with Crippen LogP contribution in [0.25, 0.3) is 10.9 Å². The van der Waals surface area contributed by atoms with E-state index >= 15 is 0 Å². The van der Waals surface area contributed by atoms with Crippen molar-refractivity contribution in [2.45, 2.75) is 32.5 Å². The van der Waals surface area contributed by atoms with Crippen LogP contribution in [0, 0.1) is 29.5 Å². The third-order valence-electron chi connectivity index (χ3n) is 6.67. The molecule has 0 saturated heterocycles. The average molecular weight is 421 g/mol. The number of ether oxygens (including phenoxy) is 1. The van der Waals surface area contributed by atoms with Gasteiger partial charge in [0.2, 0.25) is 5.91 Å². The van der Waals surface area contributed by atoms with Crippen molar-refractivity contribution in [1.29, 1.82) is 0 Å². The molecule has 5 atom stereocenters. The number of anilines is 1. The Morgan fingerprint density at radius 1 is 1.23 bits per heavy atom. The molecule has 2 aliphatic rings. The lowest BCUT2D eigenvalue weighted by molar-refractivity contribution is -0.120. The van der Waals surface area contributed by atoms with E-state index in [-0.39, 0.29) is 30.4 Å². The monoisotopic (exact) mass is 421 g/mol. The van der Waals surface area contributed by atoms with Crippen molar-refractivity contribution in [2.75, 3.05) is 5.32 Å². The molecule has 6 nitrogen and oxygen atoms in total. The zero-order valence-corrected chi connectivity index (χ0v) is 17.2. The van der Waals surface area contributed by atoms with Gasteiger partial charge in [-0.3, -0.25) is 9.78 Å². The molecule has 1 unspecified atom stereocenters. The van der Waals surface area contributed by atoms with Crippen LogP contribution in [0.5, 0.6) is 5.75 Å². The van der Waals surface area contributed by atoms with Crippen molar-refractivity contribution >= 4 is 22.6 Å². The van der Waals surface area contributed by atoms with Gasteiger partial charge in [-0.05, 0) is 66.5 Å². The first kappa shape index (κ1) is 19.9. The van der Waals surface area contributed by atoms with Crippen LogP contribution in [0.2, 0.25) is 0 Å². The smallest absolute Gasteiger partial charge is 0.228 e. The Morgan fingerprint density at radius 2 is 2.03 bits per heavy atom. The zero-order chi connectivity index (χ0) is 21.5. The summed E-state index contributed by atoms with van der Waals surface area (Å²) in [4.78, 5) is 21.1. The minimum atomic E-state index is -0.306. The predicted molar refractivity (Wildman–Crippen MR) is 114 cm³/mol. The molecule has 2 saturated carbocycles. The number of carbonyl (C=O) groups excluding carboxylic acids is 1. The summed E-state index contributed by atoms with van der Waals surface area (Å²) in [6, 6.07) is 9.76. The van der Waals surface area contributed by atoms with E-state index in [0.717, 1.165) is 12.8 Å². The van der Waals surface area contributed by atoms with Crippen LogP contribution in [0.3, 0.4) is 0 Å². The van der Waals surface area contributed by atoms with Crippen LogP contribution in [0.4, 0.5) is 10.2 Å². The molecule has 1 aromatic carbocycles. The summed E-state index contributed by atoms with van der Waals surface area (Å²) < 4.78 is 19.9. The lowest BCUT2D eigenvalue weighted by Gasteiger charge is -2.20. The first-order valence-corrected chi connectivity index (χ1v) is 10.6. The van der Waals surface area contributed by atoms with Crippen LogP contribution in [-0.2, 0) is 11.4 Å². The van der Waals surface area contributed by atoms with Gasteiger partial charge < -0.3 is 15.2 Å². The molecule has 2 aliphatic carbocycles. The van der Waals surface area contributed by atoms with E-state index < -0.39 is 0 Å². The van der Waals surface area contributed by atoms with E-state index in [1.165, 1.54) is 12.1 Å². The lowest BCUT2D eigenvalue weighted by atomic mass is 9.97. The van der Waals surface area contributed by atoms with Crippen molar-refractivity contribution < 1.29 is 19.0 Å². The van der Waals surface area contributed by atoms with Crippen LogP contribution in [-0.4, -0.2) is 27.1 Å². The van der Waals surface area contributed by atoms with Crippen molar-refractivity contribution in [3.63, 3.8) is 0 Å². The predicted octanol–water partition coefficient (Wildman–Crippen LogP) is 3.94. The lowest BCUT2D eigenvalue weighted by Crippen LogP contribution is -2.26. The van der Waals surface area contributed by atoms with E-state index in [2.05, 4.69) is 15.3 Å². The van der Waals surface area contributed by atoms with Gasteiger partial charge in [-0.1, -0.05) is 13.0 Å². The summed E-state index contributed by atoms with van der Waals surface area (Å²) in [6.45, 7) is 1.89. The fourth-order valence-corrected chi connectivity index (χ4v) is 5.06. The number of rotatable bonds is 6. The number of carbonyl (C=O) groups is 1. The van der Waals surface area contributed by atoms with Gasteiger partial charge in [-0.25, -0.2) is 9.37 Å². The molecule has 0 bridgehead atoms. The van der Waals surface area contributed by atoms with Crippen molar-refractivity contribution in [2.24, 2.45) is 23.7 Å². The highest BCUT2D eigenvalue weighted by Crippen LogP contribution is 2.61. The molecule has 5 rings (SSSR count). The second-order valence-corrected chi connectivity index (χ2v) is 8.57. The van der Waals surface area contributed by atoms with Gasteiger partial charge in [-0.15, -0.1) is 0 Å². The maximum absolute atomic E-state index is 13.7. The number of halogens is 1. The second kappa shape index (κ2) is 7.89. The van der Waals surface area contributed by atoms with E-state index in [4.69, 9.17) is 9.84 Å². The van der Waals surface area contributed by atoms with Crippen molar-refractivity contribution in [3.8, 4) is 5.75 Å². The normalized spacial score (nSPS) is 25.1. The fourth-order valence-electron chi connectivity index (χ4n) is 5.06. The molecule has 160 valence electrons. The van der Waals surface area contributed by atoms with Gasteiger partial charge >= 0.3 is 0 Å². The summed E-state index contributed by atoms with van der Waals surface area (Å²) in [5.74, 6) is 2.01. The van der Waals surface area contributed by atoms with Gasteiger partial charge in [0.15, 0.2) is 0 Å². The third-order valence-corrected chi connectivity index (χ3v) is 6.67. The van der Waals surface area contributed by atoms with Gasteiger partial charge in [-0.2, -0.15) is 0 Å². The summed E-state index contributed by atoms with van der Waals surface area (Å²) in [6.07, 6.45) is 5.11. The molecule has 2 aromatic heterocycles. The first-order chi connectivity index (χ1) is 15.0. The van der Waals surface area contributed by atoms with Gasteiger partial charge in [0.05, 0.1) is 18.2 Å². The molecule has 2 N–H and O–H groups in total. The molecule has 0 radical (unpaired) electrons. The molecule has 2 heterocycles. The number of fused-ring (bicyclic) bond motifs is 2. The molecule has 2 fully saturated rings. The Balaban J connectivity index is 1.18. The minimum absolute atomic E-state index is 0.0308. The highest BCUT2D eigenvalue weighted by Gasteiger charge is 2.59. The number of amides is 1. The number of hydrogen-bond acceptors (Lipinski definition) is 5. The SMILES string of the molecule is CC(C(=O)Nc1ccc(CO)cn1)[C@H]1[C@@H]2C[C@H](Oc3ccnc4ccc(F)cc34)C[C@@H]21. The Kier molecular flexibility index (Phi) is 5.06. The second-order valence-electron chi connectivity index (χ2n) is 8.57. The van der Waals surface area contributed by atoms with Gasteiger partial charge in [0.25, 0.3) is 0 Å². The Hall–Kier alpha value is -3.06. The molecule has 3 aromatic rings. The standard InChI is InChI=1S/C24H24FN3O3/c1-13(24(30)28-22-5-2-14(12-29)11-27-22)23-17-9-16(10-18(17)23)31-21-6-7-26-20-4-3-15(25)8-19(20)21/h2-8,11,13,16-18,23,29H,9-10,12H2,1H3,(H,27,28,30)/t13?,16-,17+,18-,23-. The van der Waals surface area contributed by atoms with E-state index in [1.807, 2.05) is 6.92 Å². The first-order valence-electron chi connectivity index (χ1n) is 10.6. The minimum Gasteiger partial charge on any atom is -0.490 e. The molecular formula is C24H24FN3O3. The molecular weight excluding hydrogens is 397 g/mol. The third kappa shape index (κ3) is 3.85. The van der Waals surface area contributed by atoms with E-state index in [1.54, 1.807) is 36.7 Å². The van der Waals surface area contributed by atoms with Crippen LogP contribution in [0.15, 0.2) is 48.8 Å². The molecule has 0 aliphatic heterocycles. The highest BCUT2D eigenvalue weighted by atomic mass is 19.1. The summed E-state index contributed by atoms with van der Waals surface area (Å²) in [5, 5.41) is 12.7. The Bertz CT molecular complexity index is 1110. The summed E-state index contributed by atoms with van der Waals surface area (Å²) in [5.41, 5.74) is 1.42. The molecule has 31 heavy (non-hydrogen) atoms. The van der Waals surface area contributed by atoms with Crippen LogP contribution in [0.1, 0.15) is 25.3 Å². The summed E-state index contributed by atoms with van der Waals surface area (Å²) >= 11 is 0. The van der Waals surface area contributed by atoms with Crippen LogP contribution >= 0.6 is 0 Å². The van der Waals surface area contributed by atoms with Crippen molar-refractivity contribution in [1.82, 2.24) is 9.97 Å². The number of nitrogens with zero attached hydrogens (tertiary/aromatic N) is 2. The van der Waals surface area contributed by atoms with E-state index in [9.17, 15) is 9.18 Å². The number of hydrogen-bond donors (Lipinski definition) is 2. The summed E-state index contributed by atoms with van der Waals surface area (Å²) in [7, 11) is 0. The quantitative estimate of drug-likeness (QED) is 0.630. The fraction of sp³-hybridized carbons (Fsp3) is 0.375. The molecule has 7 heteroatoms. The highest BCUT2D eigenvalue weighted by molar-refractivity contribution is 5.92.